The Bertz CT molecular complexity index is 961. The molecule has 2 aromatic rings. The average Bonchev–Trinajstić information content (AvgIpc) is 2.69. The highest BCUT2D eigenvalue weighted by Crippen LogP contribution is 2.40. The van der Waals surface area contributed by atoms with E-state index in [2.05, 4.69) is 15.0 Å². The normalized spacial score (nSPS) is 12.4. The van der Waals surface area contributed by atoms with Gasteiger partial charge in [0.2, 0.25) is 7.59 Å². The van der Waals surface area contributed by atoms with E-state index in [1.807, 2.05) is 6.07 Å². The number of carbonyl (C=O) groups excluding carboxylic acids is 1. The van der Waals surface area contributed by atoms with Crippen molar-refractivity contribution in [1.82, 2.24) is 15.0 Å². The second-order valence-electron chi connectivity index (χ2n) is 5.86. The highest BCUT2D eigenvalue weighted by Gasteiger charge is 2.34. The Morgan fingerprint density at radius 3 is 1.91 bits per heavy atom. The van der Waals surface area contributed by atoms with Gasteiger partial charge in [0.05, 0.1) is 0 Å². The summed E-state index contributed by atoms with van der Waals surface area (Å²) in [4.78, 5) is 34.0. The molecule has 0 spiro atoms. The molecule has 0 bridgehead atoms. The first-order chi connectivity index (χ1) is 14.9. The number of esters is 1. The number of aromatic nitrogens is 3. The van der Waals surface area contributed by atoms with Gasteiger partial charge in [-0.3, -0.25) is 9.59 Å². The van der Waals surface area contributed by atoms with Gasteiger partial charge in [-0.15, -0.1) is 0 Å². The van der Waals surface area contributed by atoms with Crippen LogP contribution in [0.25, 0.3) is 11.8 Å². The van der Waals surface area contributed by atoms with Gasteiger partial charge in [0.1, 0.15) is 19.6 Å². The lowest BCUT2D eigenvalue weighted by atomic mass is 10.2. The number of carboxylic acid groups (broad SMARTS) is 1. The van der Waals surface area contributed by atoms with Crippen LogP contribution < -0.4 is 0 Å². The molecule has 0 saturated heterocycles. The molecule has 0 aliphatic heterocycles. The Kier molecular flexibility index (Phi) is 9.63. The minimum atomic E-state index is -2.06. The second kappa shape index (κ2) is 11.5. The van der Waals surface area contributed by atoms with E-state index in [4.69, 9.17) is 84.2 Å². The van der Waals surface area contributed by atoms with E-state index in [0.717, 1.165) is 0 Å². The SMILES string of the molecule is O=C(O)CC(=O)OCCOC(=Cc1ccccc1)c1nc(C(Cl)(Cl)Cl)nc(C(Cl)(Cl)Cl)n1. The zero-order valence-corrected chi connectivity index (χ0v) is 20.3. The summed E-state index contributed by atoms with van der Waals surface area (Å²) in [6.45, 7) is -0.431. The van der Waals surface area contributed by atoms with Crippen LogP contribution in [-0.2, 0) is 26.6 Å². The van der Waals surface area contributed by atoms with E-state index < -0.39 is 25.9 Å². The zero-order valence-electron chi connectivity index (χ0n) is 15.8. The van der Waals surface area contributed by atoms with Crippen LogP contribution in [0.15, 0.2) is 30.3 Å². The number of ether oxygens (including phenoxy) is 2. The molecule has 172 valence electrons. The Morgan fingerprint density at radius 1 is 0.875 bits per heavy atom. The predicted octanol–water partition coefficient (Wildman–Crippen LogP) is 5.06. The molecule has 0 unspecified atom stereocenters. The molecular formula is C18H13Cl6N3O5. The van der Waals surface area contributed by atoms with Crippen molar-refractivity contribution in [2.45, 2.75) is 14.0 Å². The van der Waals surface area contributed by atoms with Crippen molar-refractivity contribution >= 4 is 93.4 Å². The van der Waals surface area contributed by atoms with Crippen molar-refractivity contribution < 1.29 is 24.2 Å². The first kappa shape index (κ1) is 26.7. The summed E-state index contributed by atoms with van der Waals surface area (Å²) in [5.41, 5.74) is 0.691. The Labute approximate surface area is 212 Å². The van der Waals surface area contributed by atoms with Crippen molar-refractivity contribution in [2.24, 2.45) is 0 Å². The smallest absolute Gasteiger partial charge is 0.317 e. The van der Waals surface area contributed by atoms with E-state index >= 15 is 0 Å². The van der Waals surface area contributed by atoms with E-state index in [1.165, 1.54) is 0 Å². The number of nitrogens with zero attached hydrogens (tertiary/aromatic N) is 3. The van der Waals surface area contributed by atoms with Crippen LogP contribution in [0.2, 0.25) is 0 Å². The van der Waals surface area contributed by atoms with Crippen molar-refractivity contribution in [3.63, 3.8) is 0 Å². The maximum Gasteiger partial charge on any atom is 0.317 e. The quantitative estimate of drug-likeness (QED) is 0.156. The highest BCUT2D eigenvalue weighted by atomic mass is 35.6. The van der Waals surface area contributed by atoms with E-state index in [0.29, 0.717) is 5.56 Å². The van der Waals surface area contributed by atoms with Crippen LogP contribution >= 0.6 is 69.6 Å². The molecule has 0 radical (unpaired) electrons. The number of aliphatic carboxylic acids is 1. The third-order valence-electron chi connectivity index (χ3n) is 3.36. The van der Waals surface area contributed by atoms with Crippen LogP contribution in [0.4, 0.5) is 0 Å². The molecule has 1 aromatic carbocycles. The van der Waals surface area contributed by atoms with Crippen LogP contribution in [0, 0.1) is 0 Å². The zero-order chi connectivity index (χ0) is 23.9. The lowest BCUT2D eigenvalue weighted by Gasteiger charge is -2.17. The van der Waals surface area contributed by atoms with Gasteiger partial charge in [-0.2, -0.15) is 0 Å². The number of hydrogen-bond acceptors (Lipinski definition) is 7. The van der Waals surface area contributed by atoms with Crippen molar-refractivity contribution in [2.75, 3.05) is 13.2 Å². The van der Waals surface area contributed by atoms with Crippen molar-refractivity contribution in [1.29, 1.82) is 0 Å². The van der Waals surface area contributed by atoms with Gasteiger partial charge >= 0.3 is 11.9 Å². The molecule has 14 heteroatoms. The molecule has 1 N–H and O–H groups in total. The number of benzene rings is 1. The maximum atomic E-state index is 11.4. The Morgan fingerprint density at radius 2 is 1.41 bits per heavy atom. The number of hydrogen-bond donors (Lipinski definition) is 1. The standard InChI is InChI=1S/C18H13Cl6N3O5/c19-17(20,21)15-25-14(26-16(27-15)18(22,23)24)11(8-10-4-2-1-3-5-10)31-6-7-32-13(30)9-12(28)29/h1-5,8H,6-7,9H2,(H,28,29). The molecule has 32 heavy (non-hydrogen) atoms. The third-order valence-corrected chi connectivity index (χ3v) is 4.37. The number of carboxylic acids is 1. The summed E-state index contributed by atoms with van der Waals surface area (Å²) in [6, 6.07) is 8.91. The Hall–Kier alpha value is -1.55. The molecule has 2 rings (SSSR count). The molecule has 1 heterocycles. The lowest BCUT2D eigenvalue weighted by Crippen LogP contribution is -2.19. The summed E-state index contributed by atoms with van der Waals surface area (Å²) in [5.74, 6) is -2.94. The number of alkyl halides is 6. The summed E-state index contributed by atoms with van der Waals surface area (Å²) >= 11 is 35.4. The minimum absolute atomic E-state index is 0.0545. The summed E-state index contributed by atoms with van der Waals surface area (Å²) in [7, 11) is 0. The van der Waals surface area contributed by atoms with Crippen molar-refractivity contribution in [3.05, 3.63) is 53.4 Å². The molecule has 1 aromatic heterocycles. The fourth-order valence-electron chi connectivity index (χ4n) is 2.09. The summed E-state index contributed by atoms with van der Waals surface area (Å²) in [5, 5.41) is 8.60. The fraction of sp³-hybridized carbons (Fsp3) is 0.278. The monoisotopic (exact) mass is 561 g/mol. The summed E-state index contributed by atoms with van der Waals surface area (Å²) in [6.07, 6.45) is 0.776. The number of carbonyl (C=O) groups is 2. The minimum Gasteiger partial charge on any atom is -0.486 e. The molecular weight excluding hydrogens is 551 g/mol. The number of rotatable bonds is 8. The van der Waals surface area contributed by atoms with Crippen LogP contribution in [0.5, 0.6) is 0 Å². The van der Waals surface area contributed by atoms with Crippen LogP contribution in [0.1, 0.15) is 29.5 Å². The van der Waals surface area contributed by atoms with E-state index in [9.17, 15) is 9.59 Å². The van der Waals surface area contributed by atoms with Gasteiger partial charge in [-0.05, 0) is 11.6 Å². The molecule has 0 amide bonds. The third kappa shape index (κ3) is 8.77. The number of halogens is 6. The second-order valence-corrected chi connectivity index (χ2v) is 10.4. The maximum absolute atomic E-state index is 11.4. The highest BCUT2D eigenvalue weighted by molar-refractivity contribution is 6.67. The first-order valence-corrected chi connectivity index (χ1v) is 10.8. The lowest BCUT2D eigenvalue weighted by molar-refractivity contribution is -0.151. The Balaban J connectivity index is 2.38. The summed E-state index contributed by atoms with van der Waals surface area (Å²) < 4.78 is 6.32. The van der Waals surface area contributed by atoms with Gasteiger partial charge in [-0.25, -0.2) is 15.0 Å². The van der Waals surface area contributed by atoms with E-state index in [1.54, 1.807) is 30.3 Å². The predicted molar refractivity (Wildman–Crippen MR) is 122 cm³/mol. The molecule has 0 atom stereocenters. The van der Waals surface area contributed by atoms with Gasteiger partial charge in [0.15, 0.2) is 23.2 Å². The van der Waals surface area contributed by atoms with Crippen LogP contribution in [-0.4, -0.2) is 45.2 Å². The van der Waals surface area contributed by atoms with Gasteiger partial charge in [-0.1, -0.05) is 99.9 Å². The largest absolute Gasteiger partial charge is 0.486 e. The fourth-order valence-corrected chi connectivity index (χ4v) is 2.60. The van der Waals surface area contributed by atoms with Gasteiger partial charge in [0, 0.05) is 0 Å². The molecule has 8 nitrogen and oxygen atoms in total. The van der Waals surface area contributed by atoms with Gasteiger partial charge < -0.3 is 14.6 Å². The van der Waals surface area contributed by atoms with Gasteiger partial charge in [0.25, 0.3) is 0 Å². The first-order valence-electron chi connectivity index (χ1n) is 8.54. The van der Waals surface area contributed by atoms with E-state index in [-0.39, 0.29) is 36.4 Å². The topological polar surface area (TPSA) is 112 Å². The molecule has 0 saturated carbocycles. The molecule has 0 fully saturated rings. The van der Waals surface area contributed by atoms with Crippen molar-refractivity contribution in [3.8, 4) is 0 Å². The molecule has 0 aliphatic carbocycles. The molecule has 0 aliphatic rings. The van der Waals surface area contributed by atoms with Crippen LogP contribution in [0.3, 0.4) is 0 Å². The average molecular weight is 564 g/mol.